The number of carbonyl (C=O) groups is 1. The minimum absolute atomic E-state index is 0.113. The fraction of sp³-hybridized carbons (Fsp3) is 0.556. The van der Waals surface area contributed by atoms with Crippen LogP contribution in [0.25, 0.3) is 0 Å². The van der Waals surface area contributed by atoms with E-state index in [-0.39, 0.29) is 11.7 Å². The van der Waals surface area contributed by atoms with Crippen LogP contribution < -0.4 is 5.32 Å². The molecular weight excluding hydrogens is 200 g/mol. The SMILES string of the molecule is CC(C)C(C)Nc1scnc1C(=O)O. The number of carboxylic acid groups (broad SMARTS) is 1. The Morgan fingerprint density at radius 1 is 1.57 bits per heavy atom. The van der Waals surface area contributed by atoms with Crippen molar-refractivity contribution in [2.24, 2.45) is 5.92 Å². The minimum atomic E-state index is -0.982. The highest BCUT2D eigenvalue weighted by molar-refractivity contribution is 7.14. The van der Waals surface area contributed by atoms with Crippen LogP contribution in [0.4, 0.5) is 5.00 Å². The van der Waals surface area contributed by atoms with Gasteiger partial charge in [-0.1, -0.05) is 13.8 Å². The Kier molecular flexibility index (Phi) is 3.46. The number of carboxylic acids is 1. The molecule has 1 rings (SSSR count). The summed E-state index contributed by atoms with van der Waals surface area (Å²) < 4.78 is 0. The Balaban J connectivity index is 2.76. The van der Waals surface area contributed by atoms with Crippen molar-refractivity contribution in [3.8, 4) is 0 Å². The van der Waals surface area contributed by atoms with E-state index in [1.165, 1.54) is 11.3 Å². The van der Waals surface area contributed by atoms with Gasteiger partial charge in [-0.05, 0) is 12.8 Å². The Morgan fingerprint density at radius 2 is 2.21 bits per heavy atom. The van der Waals surface area contributed by atoms with Crippen molar-refractivity contribution in [2.75, 3.05) is 5.32 Å². The maximum Gasteiger partial charge on any atom is 0.357 e. The fourth-order valence-electron chi connectivity index (χ4n) is 0.874. The van der Waals surface area contributed by atoms with Crippen LogP contribution in [0.3, 0.4) is 0 Å². The van der Waals surface area contributed by atoms with E-state index in [2.05, 4.69) is 24.1 Å². The molecule has 14 heavy (non-hydrogen) atoms. The molecule has 0 aromatic carbocycles. The van der Waals surface area contributed by atoms with E-state index in [0.717, 1.165) is 0 Å². The second-order valence-electron chi connectivity index (χ2n) is 3.51. The molecule has 0 bridgehead atoms. The molecule has 4 nitrogen and oxygen atoms in total. The van der Waals surface area contributed by atoms with Gasteiger partial charge in [0.1, 0.15) is 5.00 Å². The molecule has 1 unspecified atom stereocenters. The monoisotopic (exact) mass is 214 g/mol. The summed E-state index contributed by atoms with van der Waals surface area (Å²) in [5.74, 6) is -0.525. The van der Waals surface area contributed by atoms with Gasteiger partial charge in [0, 0.05) is 6.04 Å². The van der Waals surface area contributed by atoms with Gasteiger partial charge in [-0.2, -0.15) is 0 Å². The van der Waals surface area contributed by atoms with Gasteiger partial charge in [0.15, 0.2) is 5.69 Å². The normalized spacial score (nSPS) is 12.9. The lowest BCUT2D eigenvalue weighted by Gasteiger charge is -2.17. The van der Waals surface area contributed by atoms with Crippen LogP contribution in [0, 0.1) is 5.92 Å². The second kappa shape index (κ2) is 4.41. The van der Waals surface area contributed by atoms with E-state index in [4.69, 9.17) is 5.11 Å². The Morgan fingerprint density at radius 3 is 2.71 bits per heavy atom. The first-order chi connectivity index (χ1) is 6.52. The summed E-state index contributed by atoms with van der Waals surface area (Å²) in [6, 6.07) is 0.244. The lowest BCUT2D eigenvalue weighted by atomic mass is 10.1. The molecular formula is C9H14N2O2S. The summed E-state index contributed by atoms with van der Waals surface area (Å²) in [5.41, 5.74) is 1.65. The van der Waals surface area contributed by atoms with Crippen LogP contribution in [0.5, 0.6) is 0 Å². The number of aromatic nitrogens is 1. The van der Waals surface area contributed by atoms with Gasteiger partial charge < -0.3 is 10.4 Å². The van der Waals surface area contributed by atoms with Crippen LogP contribution in [0.2, 0.25) is 0 Å². The minimum Gasteiger partial charge on any atom is -0.476 e. The van der Waals surface area contributed by atoms with Crippen LogP contribution in [0.15, 0.2) is 5.51 Å². The number of hydrogen-bond donors (Lipinski definition) is 2. The van der Waals surface area contributed by atoms with Crippen molar-refractivity contribution in [1.82, 2.24) is 4.98 Å². The number of nitrogens with zero attached hydrogens (tertiary/aromatic N) is 1. The Labute approximate surface area is 87.0 Å². The van der Waals surface area contributed by atoms with Crippen molar-refractivity contribution in [2.45, 2.75) is 26.8 Å². The molecule has 1 atom stereocenters. The van der Waals surface area contributed by atoms with E-state index in [9.17, 15) is 4.79 Å². The first-order valence-corrected chi connectivity index (χ1v) is 5.33. The van der Waals surface area contributed by atoms with Gasteiger partial charge in [0.25, 0.3) is 0 Å². The first-order valence-electron chi connectivity index (χ1n) is 4.45. The molecule has 0 fully saturated rings. The van der Waals surface area contributed by atoms with Crippen molar-refractivity contribution < 1.29 is 9.90 Å². The van der Waals surface area contributed by atoms with Crippen LogP contribution in [0.1, 0.15) is 31.3 Å². The lowest BCUT2D eigenvalue weighted by molar-refractivity contribution is 0.0692. The maximum absolute atomic E-state index is 10.7. The average molecular weight is 214 g/mol. The predicted molar refractivity (Wildman–Crippen MR) is 57.0 cm³/mol. The molecule has 0 aliphatic heterocycles. The van der Waals surface area contributed by atoms with E-state index in [1.807, 2.05) is 6.92 Å². The summed E-state index contributed by atoms with van der Waals surface area (Å²) in [6.45, 7) is 6.19. The number of thiazole rings is 1. The second-order valence-corrected chi connectivity index (χ2v) is 4.37. The Hall–Kier alpha value is -1.10. The van der Waals surface area contributed by atoms with Crippen molar-refractivity contribution >= 4 is 22.3 Å². The van der Waals surface area contributed by atoms with Gasteiger partial charge in [-0.3, -0.25) is 0 Å². The van der Waals surface area contributed by atoms with Crippen LogP contribution in [-0.2, 0) is 0 Å². The smallest absolute Gasteiger partial charge is 0.357 e. The molecule has 0 amide bonds. The lowest BCUT2D eigenvalue weighted by Crippen LogP contribution is -2.22. The number of hydrogen-bond acceptors (Lipinski definition) is 4. The van der Waals surface area contributed by atoms with Crippen LogP contribution in [-0.4, -0.2) is 22.1 Å². The summed E-state index contributed by atoms with van der Waals surface area (Å²) in [6.07, 6.45) is 0. The molecule has 1 heterocycles. The highest BCUT2D eigenvalue weighted by atomic mass is 32.1. The van der Waals surface area contributed by atoms with E-state index >= 15 is 0 Å². The molecule has 2 N–H and O–H groups in total. The third-order valence-corrected chi connectivity index (χ3v) is 2.89. The maximum atomic E-state index is 10.7. The van der Waals surface area contributed by atoms with Crippen molar-refractivity contribution in [3.63, 3.8) is 0 Å². The van der Waals surface area contributed by atoms with Gasteiger partial charge in [-0.15, -0.1) is 11.3 Å². The molecule has 0 saturated carbocycles. The summed E-state index contributed by atoms with van der Waals surface area (Å²) in [4.78, 5) is 14.5. The number of anilines is 1. The van der Waals surface area contributed by atoms with E-state index < -0.39 is 5.97 Å². The largest absolute Gasteiger partial charge is 0.476 e. The van der Waals surface area contributed by atoms with Gasteiger partial charge in [0.05, 0.1) is 5.51 Å². The molecule has 78 valence electrons. The average Bonchev–Trinajstić information content (AvgIpc) is 2.52. The summed E-state index contributed by atoms with van der Waals surface area (Å²) in [5, 5.41) is 12.6. The molecule has 0 aliphatic rings. The summed E-state index contributed by atoms with van der Waals surface area (Å²) >= 11 is 1.32. The van der Waals surface area contributed by atoms with Gasteiger partial charge in [0.2, 0.25) is 0 Å². The fourth-order valence-corrected chi connectivity index (χ4v) is 1.64. The number of rotatable bonds is 4. The third kappa shape index (κ3) is 2.45. The van der Waals surface area contributed by atoms with E-state index in [1.54, 1.807) is 5.51 Å². The molecule has 0 radical (unpaired) electrons. The molecule has 0 saturated heterocycles. The quantitative estimate of drug-likeness (QED) is 0.807. The number of nitrogens with one attached hydrogen (secondary N) is 1. The molecule has 5 heteroatoms. The van der Waals surface area contributed by atoms with Crippen molar-refractivity contribution in [1.29, 1.82) is 0 Å². The molecule has 0 aliphatic carbocycles. The molecule has 1 aromatic rings. The predicted octanol–water partition coefficient (Wildman–Crippen LogP) is 2.30. The van der Waals surface area contributed by atoms with Crippen LogP contribution >= 0.6 is 11.3 Å². The first kappa shape index (κ1) is 11.0. The highest BCUT2D eigenvalue weighted by Crippen LogP contribution is 2.22. The van der Waals surface area contributed by atoms with Gasteiger partial charge >= 0.3 is 5.97 Å². The standard InChI is InChI=1S/C9H14N2O2S/c1-5(2)6(3)11-8-7(9(12)13)10-4-14-8/h4-6,11H,1-3H3,(H,12,13). The number of aromatic carboxylic acids is 1. The Bertz CT molecular complexity index is 322. The summed E-state index contributed by atoms with van der Waals surface area (Å²) in [7, 11) is 0. The van der Waals surface area contributed by atoms with E-state index in [0.29, 0.717) is 10.9 Å². The van der Waals surface area contributed by atoms with Crippen molar-refractivity contribution in [3.05, 3.63) is 11.2 Å². The third-order valence-electron chi connectivity index (χ3n) is 2.13. The zero-order valence-corrected chi connectivity index (χ0v) is 9.26. The molecule has 1 aromatic heterocycles. The molecule has 0 spiro atoms. The topological polar surface area (TPSA) is 62.2 Å². The zero-order valence-electron chi connectivity index (χ0n) is 8.44. The van der Waals surface area contributed by atoms with Gasteiger partial charge in [-0.25, -0.2) is 9.78 Å². The zero-order chi connectivity index (χ0) is 10.7. The highest BCUT2D eigenvalue weighted by Gasteiger charge is 2.16.